The van der Waals surface area contributed by atoms with Crippen LogP contribution in [0.2, 0.25) is 0 Å². The highest BCUT2D eigenvalue weighted by molar-refractivity contribution is 6.23. The highest BCUT2D eigenvalue weighted by Gasteiger charge is 2.46. The van der Waals surface area contributed by atoms with E-state index in [9.17, 15) is 19.2 Å². The molecule has 1 unspecified atom stereocenters. The molecule has 1 spiro atoms. The van der Waals surface area contributed by atoms with Crippen LogP contribution in [0.3, 0.4) is 0 Å². The van der Waals surface area contributed by atoms with Crippen molar-refractivity contribution in [1.29, 1.82) is 0 Å². The van der Waals surface area contributed by atoms with Gasteiger partial charge in [0.1, 0.15) is 18.2 Å². The van der Waals surface area contributed by atoms with Crippen molar-refractivity contribution >= 4 is 23.6 Å². The number of carbonyl (C=O) groups is 4. The number of rotatable bonds is 1. The summed E-state index contributed by atoms with van der Waals surface area (Å²) in [5.74, 6) is -1.18. The average Bonchev–Trinajstić information content (AvgIpc) is 2.91. The predicted octanol–water partition coefficient (Wildman–Crippen LogP) is 1.56. The van der Waals surface area contributed by atoms with Crippen LogP contribution in [0.15, 0.2) is 12.1 Å². The lowest BCUT2D eigenvalue weighted by atomic mass is 9.84. The van der Waals surface area contributed by atoms with Crippen LogP contribution in [0.5, 0.6) is 11.5 Å². The van der Waals surface area contributed by atoms with Gasteiger partial charge in [0.15, 0.2) is 11.5 Å². The Labute approximate surface area is 161 Å². The summed E-state index contributed by atoms with van der Waals surface area (Å²) in [5.41, 5.74) is 0.0515. The summed E-state index contributed by atoms with van der Waals surface area (Å²) in [6, 6.07) is 2.12. The van der Waals surface area contributed by atoms with Crippen LogP contribution in [0.1, 0.15) is 65.7 Å². The Morgan fingerprint density at radius 1 is 0.964 bits per heavy atom. The lowest BCUT2D eigenvalue weighted by Gasteiger charge is -2.41. The number of hydrogen-bond donors (Lipinski definition) is 1. The van der Waals surface area contributed by atoms with Gasteiger partial charge in [-0.25, -0.2) is 0 Å². The third-order valence-electron chi connectivity index (χ3n) is 6.09. The van der Waals surface area contributed by atoms with Crippen molar-refractivity contribution in [2.75, 3.05) is 6.61 Å². The molecule has 8 heteroatoms. The van der Waals surface area contributed by atoms with E-state index in [4.69, 9.17) is 9.47 Å². The summed E-state index contributed by atoms with van der Waals surface area (Å²) in [4.78, 5) is 50.3. The first kappa shape index (κ1) is 17.2. The number of nitrogens with zero attached hydrogens (tertiary/aromatic N) is 1. The van der Waals surface area contributed by atoms with E-state index < -0.39 is 29.7 Å². The van der Waals surface area contributed by atoms with Crippen LogP contribution >= 0.6 is 0 Å². The first-order valence-electron chi connectivity index (χ1n) is 9.69. The van der Waals surface area contributed by atoms with Crippen molar-refractivity contribution in [1.82, 2.24) is 10.2 Å². The largest absolute Gasteiger partial charge is 0.486 e. The molecule has 1 N–H and O–H groups in total. The maximum Gasteiger partial charge on any atom is 0.262 e. The zero-order valence-electron chi connectivity index (χ0n) is 15.3. The molecule has 3 aliphatic heterocycles. The third kappa shape index (κ3) is 2.51. The van der Waals surface area contributed by atoms with Gasteiger partial charge in [0.05, 0.1) is 11.1 Å². The number of carbonyl (C=O) groups excluding carboxylic acids is 4. The van der Waals surface area contributed by atoms with Crippen molar-refractivity contribution in [2.45, 2.75) is 56.6 Å². The molecule has 8 nitrogen and oxygen atoms in total. The normalized spacial score (nSPS) is 25.7. The topological polar surface area (TPSA) is 102 Å². The highest BCUT2D eigenvalue weighted by atomic mass is 16.6. The highest BCUT2D eigenvalue weighted by Crippen LogP contribution is 2.44. The van der Waals surface area contributed by atoms with Crippen LogP contribution in [0.25, 0.3) is 0 Å². The van der Waals surface area contributed by atoms with E-state index in [0.29, 0.717) is 18.1 Å². The minimum Gasteiger partial charge on any atom is -0.486 e. The SMILES string of the molecule is O=C1CCC(N2C(=O)c3cc4c(cc3C2=O)OC2(CCCCC2)CO4)C(=O)N1. The molecule has 5 rings (SSSR count). The Bertz CT molecular complexity index is 918. The number of benzene rings is 1. The molecule has 1 aromatic carbocycles. The van der Waals surface area contributed by atoms with Crippen LogP contribution < -0.4 is 14.8 Å². The number of hydrogen-bond acceptors (Lipinski definition) is 6. The second-order valence-corrected chi connectivity index (χ2v) is 7.93. The zero-order chi connectivity index (χ0) is 19.5. The van der Waals surface area contributed by atoms with Gasteiger partial charge in [-0.3, -0.25) is 29.4 Å². The van der Waals surface area contributed by atoms with Crippen molar-refractivity contribution in [3.8, 4) is 11.5 Å². The Hall–Kier alpha value is -2.90. The molecule has 1 aromatic rings. The molecule has 4 amide bonds. The molecular weight excluding hydrogens is 364 g/mol. The first-order valence-corrected chi connectivity index (χ1v) is 9.69. The van der Waals surface area contributed by atoms with Gasteiger partial charge >= 0.3 is 0 Å². The van der Waals surface area contributed by atoms with Crippen LogP contribution in [-0.2, 0) is 9.59 Å². The van der Waals surface area contributed by atoms with Crippen molar-refractivity contribution in [3.63, 3.8) is 0 Å². The van der Waals surface area contributed by atoms with E-state index in [0.717, 1.165) is 30.6 Å². The van der Waals surface area contributed by atoms with Crippen molar-refractivity contribution in [3.05, 3.63) is 23.3 Å². The summed E-state index contributed by atoms with van der Waals surface area (Å²) < 4.78 is 12.2. The Balaban J connectivity index is 1.47. The van der Waals surface area contributed by atoms with Gasteiger partial charge in [-0.15, -0.1) is 0 Å². The molecule has 1 aliphatic carbocycles. The van der Waals surface area contributed by atoms with E-state index in [1.54, 1.807) is 6.07 Å². The van der Waals surface area contributed by atoms with Gasteiger partial charge in [0.25, 0.3) is 11.8 Å². The van der Waals surface area contributed by atoms with E-state index >= 15 is 0 Å². The standard InChI is InChI=1S/C20H20N2O6/c23-16-5-4-13(17(24)21-16)22-18(25)11-8-14-15(9-12(11)19(22)26)28-20(10-27-14)6-2-1-3-7-20/h8-9,13H,1-7,10H2,(H,21,23,24). The molecule has 146 valence electrons. The van der Waals surface area contributed by atoms with Gasteiger partial charge < -0.3 is 9.47 Å². The molecule has 0 radical (unpaired) electrons. The molecule has 1 saturated heterocycles. The van der Waals surface area contributed by atoms with Crippen LogP contribution in [-0.4, -0.2) is 46.8 Å². The molecule has 2 fully saturated rings. The number of imide groups is 2. The Kier molecular flexibility index (Phi) is 3.72. The Morgan fingerprint density at radius 3 is 2.32 bits per heavy atom. The monoisotopic (exact) mass is 384 g/mol. The van der Waals surface area contributed by atoms with E-state index in [-0.39, 0.29) is 29.6 Å². The van der Waals surface area contributed by atoms with Crippen LogP contribution in [0, 0.1) is 0 Å². The fraction of sp³-hybridized carbons (Fsp3) is 0.500. The van der Waals surface area contributed by atoms with E-state index in [1.807, 2.05) is 0 Å². The van der Waals surface area contributed by atoms with Gasteiger partial charge in [0, 0.05) is 6.42 Å². The summed E-state index contributed by atoms with van der Waals surface area (Å²) in [7, 11) is 0. The molecule has 1 atom stereocenters. The fourth-order valence-corrected chi connectivity index (χ4v) is 4.58. The number of piperidine rings is 1. The fourth-order valence-electron chi connectivity index (χ4n) is 4.58. The second kappa shape index (κ2) is 6.05. The Morgan fingerprint density at radius 2 is 1.64 bits per heavy atom. The molecule has 1 saturated carbocycles. The average molecular weight is 384 g/mol. The molecule has 0 aromatic heterocycles. The summed E-state index contributed by atoms with van der Waals surface area (Å²) in [5, 5.41) is 2.19. The predicted molar refractivity (Wildman–Crippen MR) is 95.1 cm³/mol. The maximum atomic E-state index is 12.9. The summed E-state index contributed by atoms with van der Waals surface area (Å²) in [6.45, 7) is 0.428. The van der Waals surface area contributed by atoms with Gasteiger partial charge in [-0.05, 0) is 44.2 Å². The van der Waals surface area contributed by atoms with Gasteiger partial charge in [-0.1, -0.05) is 6.42 Å². The third-order valence-corrected chi connectivity index (χ3v) is 6.09. The summed E-state index contributed by atoms with van der Waals surface area (Å²) in [6.07, 6.45) is 5.35. The van der Waals surface area contributed by atoms with Gasteiger partial charge in [0.2, 0.25) is 11.8 Å². The quantitative estimate of drug-likeness (QED) is 0.738. The first-order chi connectivity index (χ1) is 13.5. The van der Waals surface area contributed by atoms with Gasteiger partial charge in [-0.2, -0.15) is 0 Å². The van der Waals surface area contributed by atoms with Crippen molar-refractivity contribution < 1.29 is 28.7 Å². The maximum absolute atomic E-state index is 12.9. The zero-order valence-corrected chi connectivity index (χ0v) is 15.3. The molecule has 4 aliphatic rings. The minimum absolute atomic E-state index is 0.0923. The number of amides is 4. The van der Waals surface area contributed by atoms with Crippen LogP contribution in [0.4, 0.5) is 0 Å². The van der Waals surface area contributed by atoms with E-state index in [1.165, 1.54) is 12.5 Å². The smallest absolute Gasteiger partial charge is 0.262 e. The molecule has 0 bridgehead atoms. The van der Waals surface area contributed by atoms with Crippen molar-refractivity contribution in [2.24, 2.45) is 0 Å². The number of ether oxygens (including phenoxy) is 2. The lowest BCUT2D eigenvalue weighted by molar-refractivity contribution is -0.136. The molecular formula is C20H20N2O6. The molecule has 28 heavy (non-hydrogen) atoms. The number of fused-ring (bicyclic) bond motifs is 2. The minimum atomic E-state index is -0.978. The number of nitrogens with one attached hydrogen (secondary N) is 1. The lowest BCUT2D eigenvalue weighted by Crippen LogP contribution is -2.54. The molecule has 3 heterocycles. The summed E-state index contributed by atoms with van der Waals surface area (Å²) >= 11 is 0. The second-order valence-electron chi connectivity index (χ2n) is 7.93. The van der Waals surface area contributed by atoms with E-state index in [2.05, 4.69) is 5.32 Å².